The third-order valence-corrected chi connectivity index (χ3v) is 12.8. The Morgan fingerprint density at radius 1 is 0.869 bits per heavy atom. The minimum absolute atomic E-state index is 0.00882. The van der Waals surface area contributed by atoms with Crippen LogP contribution >= 0.6 is 11.6 Å². The van der Waals surface area contributed by atoms with Gasteiger partial charge in [-0.1, -0.05) is 48.0 Å². The van der Waals surface area contributed by atoms with E-state index in [1.54, 1.807) is 30.3 Å². The van der Waals surface area contributed by atoms with E-state index >= 15 is 0 Å². The van der Waals surface area contributed by atoms with Crippen LogP contribution in [0.3, 0.4) is 0 Å². The largest absolute Gasteiger partial charge is 0.494 e. The summed E-state index contributed by atoms with van der Waals surface area (Å²) in [7, 11) is -0.0712. The van der Waals surface area contributed by atoms with Gasteiger partial charge in [-0.05, 0) is 135 Å². The molecule has 2 aliphatic heterocycles. The lowest BCUT2D eigenvalue weighted by molar-refractivity contribution is 0.0699. The predicted molar refractivity (Wildman–Crippen MR) is 244 cm³/mol. The number of carbonyl (C=O) groups excluding carboxylic acids is 1. The summed E-state index contributed by atoms with van der Waals surface area (Å²) in [6, 6.07) is 33.6. The van der Waals surface area contributed by atoms with Crippen LogP contribution < -0.4 is 24.4 Å². The monoisotopic (exact) mass is 865 g/mol. The number of piperazine rings is 1. The number of anilines is 2. The van der Waals surface area contributed by atoms with E-state index in [1.165, 1.54) is 11.6 Å². The van der Waals surface area contributed by atoms with Crippen molar-refractivity contribution in [3.8, 4) is 28.4 Å². The highest BCUT2D eigenvalue weighted by Crippen LogP contribution is 2.33. The minimum Gasteiger partial charge on any atom is -0.494 e. The summed E-state index contributed by atoms with van der Waals surface area (Å²) in [5, 5.41) is 4.15. The molecule has 0 unspecified atom stereocenters. The van der Waals surface area contributed by atoms with Gasteiger partial charge in [0, 0.05) is 81.5 Å². The number of nitrogens with zero attached hydrogens (tertiary/aromatic N) is 3. The van der Waals surface area contributed by atoms with E-state index < -0.39 is 15.9 Å². The number of rotatable bonds is 17. The number of nitrogens with one attached hydrogen (secondary N) is 2. The second kappa shape index (κ2) is 20.6. The fraction of sp³-hybridized carbons (Fsp3) is 0.354. The third-order valence-electron chi connectivity index (χ3n) is 11.2. The number of hydrogen-bond donors (Lipinski definition) is 2. The number of halogens is 1. The van der Waals surface area contributed by atoms with Crippen LogP contribution in [0.4, 0.5) is 11.4 Å². The zero-order valence-corrected chi connectivity index (χ0v) is 36.8. The summed E-state index contributed by atoms with van der Waals surface area (Å²) in [6.07, 6.45) is 2.93. The number of hydrogen-bond acceptors (Lipinski definition) is 10. The molecule has 61 heavy (non-hydrogen) atoms. The average molecular weight is 867 g/mol. The predicted octanol–water partition coefficient (Wildman–Crippen LogP) is 8.72. The normalized spacial score (nSPS) is 15.1. The van der Waals surface area contributed by atoms with Crippen LogP contribution in [0.5, 0.6) is 17.2 Å². The van der Waals surface area contributed by atoms with Gasteiger partial charge in [-0.3, -0.25) is 9.69 Å². The van der Waals surface area contributed by atoms with Gasteiger partial charge in [0.25, 0.3) is 15.9 Å². The molecular weight excluding hydrogens is 810 g/mol. The Hall–Kier alpha value is -5.11. The van der Waals surface area contributed by atoms with Crippen molar-refractivity contribution in [1.82, 2.24) is 14.5 Å². The van der Waals surface area contributed by atoms with Crippen molar-refractivity contribution < 1.29 is 27.4 Å². The topological polar surface area (TPSA) is 113 Å². The summed E-state index contributed by atoms with van der Waals surface area (Å²) in [4.78, 5) is 20.7. The van der Waals surface area contributed by atoms with Crippen LogP contribution in [0.15, 0.2) is 114 Å². The van der Waals surface area contributed by atoms with Crippen LogP contribution in [0.25, 0.3) is 11.1 Å². The lowest BCUT2D eigenvalue weighted by Gasteiger charge is -2.36. The lowest BCUT2D eigenvalue weighted by atomic mass is 9.98. The van der Waals surface area contributed by atoms with E-state index in [0.29, 0.717) is 23.3 Å². The van der Waals surface area contributed by atoms with E-state index in [1.807, 2.05) is 55.5 Å². The lowest BCUT2D eigenvalue weighted by Crippen LogP contribution is -2.46. The third kappa shape index (κ3) is 12.0. The average Bonchev–Trinajstić information content (AvgIpc) is 3.26. The van der Waals surface area contributed by atoms with Crippen molar-refractivity contribution in [2.45, 2.75) is 37.6 Å². The van der Waals surface area contributed by atoms with Gasteiger partial charge in [0.05, 0.1) is 17.1 Å². The number of carbonyl (C=O) groups is 1. The first kappa shape index (κ1) is 44.0. The molecule has 13 heteroatoms. The van der Waals surface area contributed by atoms with Crippen molar-refractivity contribution in [1.29, 1.82) is 0 Å². The van der Waals surface area contributed by atoms with E-state index in [9.17, 15) is 13.2 Å². The van der Waals surface area contributed by atoms with Crippen molar-refractivity contribution in [2.75, 3.05) is 83.4 Å². The molecule has 7 rings (SSSR count). The maximum Gasteiger partial charge on any atom is 0.268 e. The molecule has 0 saturated carbocycles. The summed E-state index contributed by atoms with van der Waals surface area (Å²) >= 11 is 6.24. The summed E-state index contributed by atoms with van der Waals surface area (Å²) in [6.45, 7) is 9.59. The molecule has 2 aliphatic rings. The SMILES string of the molecule is Cc1cc(S(=O)(=O)NC(=O)c2ccc(N3CCN(Cc4cc(OCCCN(C)C)ccc4-c4ccc(Cl)cc4)CC3)cc2Oc2ccccc2)ccc1NCC1CCOCC1. The van der Waals surface area contributed by atoms with Gasteiger partial charge in [0.2, 0.25) is 0 Å². The molecule has 11 nitrogen and oxygen atoms in total. The van der Waals surface area contributed by atoms with Gasteiger partial charge in [-0.15, -0.1) is 0 Å². The van der Waals surface area contributed by atoms with Crippen LogP contribution in [-0.4, -0.2) is 97.3 Å². The molecule has 5 aromatic rings. The first-order valence-corrected chi connectivity index (χ1v) is 22.9. The molecule has 322 valence electrons. The molecule has 2 saturated heterocycles. The van der Waals surface area contributed by atoms with Crippen molar-refractivity contribution in [3.05, 3.63) is 131 Å². The van der Waals surface area contributed by atoms with Crippen LogP contribution in [0, 0.1) is 12.8 Å². The number of amides is 1. The number of para-hydroxylation sites is 1. The Morgan fingerprint density at radius 3 is 2.34 bits per heavy atom. The van der Waals surface area contributed by atoms with Crippen molar-refractivity contribution in [3.63, 3.8) is 0 Å². The van der Waals surface area contributed by atoms with Crippen LogP contribution in [-0.2, 0) is 21.3 Å². The Balaban J connectivity index is 1.04. The first-order valence-electron chi connectivity index (χ1n) is 21.0. The maximum atomic E-state index is 13.8. The molecule has 1 amide bonds. The Bertz CT molecular complexity index is 2350. The molecule has 0 atom stereocenters. The molecule has 2 N–H and O–H groups in total. The van der Waals surface area contributed by atoms with E-state index in [-0.39, 0.29) is 16.2 Å². The first-order chi connectivity index (χ1) is 29.5. The fourth-order valence-corrected chi connectivity index (χ4v) is 8.89. The summed E-state index contributed by atoms with van der Waals surface area (Å²) in [5.74, 6) is 1.38. The summed E-state index contributed by atoms with van der Waals surface area (Å²) in [5.41, 5.74) is 6.04. The Kier molecular flexibility index (Phi) is 14.9. The van der Waals surface area contributed by atoms with Gasteiger partial charge in [-0.2, -0.15) is 0 Å². The van der Waals surface area contributed by atoms with E-state index in [2.05, 4.69) is 63.1 Å². The molecule has 0 aromatic heterocycles. The maximum absolute atomic E-state index is 13.8. The highest BCUT2D eigenvalue weighted by Gasteiger charge is 2.25. The van der Waals surface area contributed by atoms with Crippen LogP contribution in [0.2, 0.25) is 5.02 Å². The quantitative estimate of drug-likeness (QED) is 0.0881. The van der Waals surface area contributed by atoms with E-state index in [4.69, 9.17) is 25.8 Å². The van der Waals surface area contributed by atoms with Gasteiger partial charge in [-0.25, -0.2) is 13.1 Å². The molecule has 5 aromatic carbocycles. The van der Waals surface area contributed by atoms with Crippen molar-refractivity contribution >= 4 is 38.9 Å². The van der Waals surface area contributed by atoms with Gasteiger partial charge >= 0.3 is 0 Å². The zero-order valence-electron chi connectivity index (χ0n) is 35.2. The van der Waals surface area contributed by atoms with Crippen LogP contribution in [0.1, 0.15) is 40.7 Å². The van der Waals surface area contributed by atoms with E-state index in [0.717, 1.165) is 112 Å². The molecule has 0 spiro atoms. The number of aryl methyl sites for hydroxylation is 1. The van der Waals surface area contributed by atoms with Gasteiger partial charge in [0.1, 0.15) is 17.2 Å². The fourth-order valence-electron chi connectivity index (χ4n) is 7.72. The highest BCUT2D eigenvalue weighted by molar-refractivity contribution is 7.90. The van der Waals surface area contributed by atoms with Gasteiger partial charge in [0.15, 0.2) is 0 Å². The minimum atomic E-state index is -4.20. The number of ether oxygens (including phenoxy) is 3. The smallest absolute Gasteiger partial charge is 0.268 e. The number of benzene rings is 5. The second-order valence-corrected chi connectivity index (χ2v) is 18.2. The Labute approximate surface area is 365 Å². The summed E-state index contributed by atoms with van der Waals surface area (Å²) < 4.78 is 47.5. The molecule has 0 aliphatic carbocycles. The molecule has 0 bridgehead atoms. The molecule has 2 heterocycles. The molecular formula is C48H56ClN5O6S. The Morgan fingerprint density at radius 2 is 1.62 bits per heavy atom. The second-order valence-electron chi connectivity index (χ2n) is 16.0. The zero-order chi connectivity index (χ0) is 42.8. The van der Waals surface area contributed by atoms with Crippen molar-refractivity contribution in [2.24, 2.45) is 5.92 Å². The molecule has 0 radical (unpaired) electrons. The standard InChI is InChI=1S/C48H56ClN5O6S/c1-35-30-43(16-19-46(35)50-33-36-20-28-58-29-21-36)61(56,57)51-48(55)45-17-14-40(32-47(45)60-41-8-5-4-6-9-41)54-25-23-53(24-26-54)34-38-31-42(59-27-7-22-52(2)3)15-18-44(38)37-10-12-39(49)13-11-37/h4-6,8-19,30-32,36,50H,7,20-29,33-34H2,1-3H3,(H,51,55). The van der Waals surface area contributed by atoms with Gasteiger partial charge < -0.3 is 29.3 Å². The highest BCUT2D eigenvalue weighted by atomic mass is 35.5. The molecule has 2 fully saturated rings. The number of sulfonamides is 1.